The Balaban J connectivity index is 1.64. The van der Waals surface area contributed by atoms with Gasteiger partial charge in [-0.2, -0.15) is 13.2 Å². The summed E-state index contributed by atoms with van der Waals surface area (Å²) in [6.07, 6.45) is -2.73. The SMILES string of the molecule is CC[C@H]1NC(=O)[C@H](Cc2cc(Cl)ccc2Cl)N(C)C(=O)[C@H](CC(C)C)NC(=O)[C@@H](N(CC)C(=O)[C@H](C)NC(=O)[C@@H]2CCCN2C(=O)C2(C(F)(F)F)CCCCC2)CCCCN(C)C1=O. The molecule has 4 rings (SSSR count). The van der Waals surface area contributed by atoms with Crippen LogP contribution in [-0.4, -0.2) is 137 Å². The second-order valence-electron chi connectivity index (χ2n) is 18.0. The van der Waals surface area contributed by atoms with E-state index in [1.54, 1.807) is 39.1 Å². The number of alkyl halides is 3. The standard InChI is InChI=1S/C45H66Cl2F3N7O7/c1-8-32-41(62)54(6)22-14-11-16-34(38(59)53-33(24-27(3)4)42(63)55(7)36(39(60)52-32)26-29-25-30(46)18-19-31(29)47)56(9-2)40(61)28(5)51-37(58)35-17-15-23-57(35)43(64)44(45(48,49)50)20-12-10-13-21-44/h18-19,25,27-28,32-36H,8-17,20-24,26H2,1-7H3,(H,51,58)(H,52,60)(H,53,59)/t28-,32+,33-,34-,35-,36-/m0/s1. The maximum atomic E-state index is 14.5. The topological polar surface area (TPSA) is 169 Å². The predicted molar refractivity (Wildman–Crippen MR) is 237 cm³/mol. The van der Waals surface area contributed by atoms with Crippen molar-refractivity contribution < 1.29 is 46.7 Å². The molecule has 7 amide bonds. The van der Waals surface area contributed by atoms with Crippen LogP contribution in [0.2, 0.25) is 10.0 Å². The fourth-order valence-electron chi connectivity index (χ4n) is 9.25. The lowest BCUT2D eigenvalue weighted by Gasteiger charge is -2.41. The number of hydrogen-bond acceptors (Lipinski definition) is 7. The number of carbonyl (C=O) groups excluding carboxylic acids is 7. The average Bonchev–Trinajstić information content (AvgIpc) is 3.75. The lowest BCUT2D eigenvalue weighted by atomic mass is 9.72. The summed E-state index contributed by atoms with van der Waals surface area (Å²) >= 11 is 12.8. The van der Waals surface area contributed by atoms with E-state index in [1.165, 1.54) is 28.7 Å². The summed E-state index contributed by atoms with van der Waals surface area (Å²) in [5.41, 5.74) is -2.09. The van der Waals surface area contributed by atoms with Crippen LogP contribution in [-0.2, 0) is 40.0 Å². The quantitative estimate of drug-likeness (QED) is 0.258. The molecule has 0 bridgehead atoms. The number of likely N-dealkylation sites (N-methyl/N-ethyl adjacent to an activating group) is 3. The van der Waals surface area contributed by atoms with Crippen LogP contribution in [0.15, 0.2) is 18.2 Å². The Morgan fingerprint density at radius 1 is 0.875 bits per heavy atom. The van der Waals surface area contributed by atoms with Gasteiger partial charge in [0.2, 0.25) is 41.4 Å². The fourth-order valence-corrected chi connectivity index (χ4v) is 9.64. The van der Waals surface area contributed by atoms with Gasteiger partial charge in [-0.05, 0) is 101 Å². The van der Waals surface area contributed by atoms with E-state index in [4.69, 9.17) is 23.2 Å². The highest BCUT2D eigenvalue weighted by Crippen LogP contribution is 2.51. The molecule has 3 aliphatic rings. The number of likely N-dealkylation sites (tertiary alicyclic amines) is 1. The molecule has 1 saturated carbocycles. The van der Waals surface area contributed by atoms with E-state index >= 15 is 0 Å². The van der Waals surface area contributed by atoms with E-state index in [1.807, 2.05) is 13.8 Å². The zero-order valence-corrected chi connectivity index (χ0v) is 39.6. The molecule has 2 heterocycles. The van der Waals surface area contributed by atoms with Crippen LogP contribution in [0.1, 0.15) is 117 Å². The van der Waals surface area contributed by atoms with Gasteiger partial charge < -0.3 is 35.6 Å². The molecule has 1 aliphatic carbocycles. The summed E-state index contributed by atoms with van der Waals surface area (Å²) in [7, 11) is 3.03. The minimum absolute atomic E-state index is 0.00117. The molecule has 14 nitrogen and oxygen atoms in total. The van der Waals surface area contributed by atoms with E-state index in [-0.39, 0.29) is 89.2 Å². The lowest BCUT2D eigenvalue weighted by molar-refractivity contribution is -0.236. The summed E-state index contributed by atoms with van der Waals surface area (Å²) in [6, 6.07) is -2.14. The minimum atomic E-state index is -4.79. The number of nitrogens with zero attached hydrogens (tertiary/aromatic N) is 4. The molecule has 0 aromatic heterocycles. The van der Waals surface area contributed by atoms with Gasteiger partial charge >= 0.3 is 6.18 Å². The van der Waals surface area contributed by atoms with Crippen molar-refractivity contribution in [2.24, 2.45) is 11.3 Å². The van der Waals surface area contributed by atoms with Crippen LogP contribution >= 0.6 is 23.2 Å². The highest BCUT2D eigenvalue weighted by atomic mass is 35.5. The van der Waals surface area contributed by atoms with Crippen molar-refractivity contribution in [1.82, 2.24) is 35.6 Å². The zero-order chi connectivity index (χ0) is 47.7. The first-order chi connectivity index (χ1) is 30.1. The first kappa shape index (κ1) is 52.5. The second kappa shape index (κ2) is 22.9. The van der Waals surface area contributed by atoms with Crippen molar-refractivity contribution in [3.8, 4) is 0 Å². The molecule has 358 valence electrons. The molecule has 3 fully saturated rings. The van der Waals surface area contributed by atoms with Crippen molar-refractivity contribution >= 4 is 64.6 Å². The van der Waals surface area contributed by atoms with E-state index in [9.17, 15) is 46.7 Å². The van der Waals surface area contributed by atoms with Crippen LogP contribution in [0.3, 0.4) is 0 Å². The molecule has 2 saturated heterocycles. The Morgan fingerprint density at radius 2 is 1.53 bits per heavy atom. The Bertz CT molecular complexity index is 1860. The van der Waals surface area contributed by atoms with Crippen LogP contribution in [0.25, 0.3) is 0 Å². The van der Waals surface area contributed by atoms with Crippen LogP contribution in [0.4, 0.5) is 13.2 Å². The number of amides is 7. The number of hydrogen-bond donors (Lipinski definition) is 3. The maximum absolute atomic E-state index is 14.5. The van der Waals surface area contributed by atoms with E-state index in [0.717, 1.165) is 4.90 Å². The monoisotopic (exact) mass is 943 g/mol. The van der Waals surface area contributed by atoms with Crippen molar-refractivity contribution in [3.63, 3.8) is 0 Å². The molecule has 3 N–H and O–H groups in total. The largest absolute Gasteiger partial charge is 0.403 e. The molecule has 0 spiro atoms. The summed E-state index contributed by atoms with van der Waals surface area (Å²) in [5.74, 6) is -4.87. The van der Waals surface area contributed by atoms with Gasteiger partial charge in [-0.15, -0.1) is 0 Å². The Kier molecular flexibility index (Phi) is 18.8. The fraction of sp³-hybridized carbons (Fsp3) is 0.711. The Morgan fingerprint density at radius 3 is 2.14 bits per heavy atom. The highest BCUT2D eigenvalue weighted by Gasteiger charge is 2.62. The number of nitrogens with one attached hydrogen (secondary N) is 3. The third kappa shape index (κ3) is 12.4. The maximum Gasteiger partial charge on any atom is 0.403 e. The van der Waals surface area contributed by atoms with Gasteiger partial charge in [0.15, 0.2) is 0 Å². The Hall–Kier alpha value is -4.12. The van der Waals surface area contributed by atoms with Crippen LogP contribution in [0, 0.1) is 11.3 Å². The van der Waals surface area contributed by atoms with Crippen LogP contribution < -0.4 is 16.0 Å². The summed E-state index contributed by atoms with van der Waals surface area (Å²) in [5, 5.41) is 9.02. The molecular weight excluding hydrogens is 878 g/mol. The third-order valence-electron chi connectivity index (χ3n) is 13.0. The summed E-state index contributed by atoms with van der Waals surface area (Å²) < 4.78 is 43.6. The third-order valence-corrected chi connectivity index (χ3v) is 13.6. The molecule has 19 heteroatoms. The smallest absolute Gasteiger partial charge is 0.344 e. The molecule has 64 heavy (non-hydrogen) atoms. The number of carbonyl (C=O) groups is 7. The molecule has 0 radical (unpaired) electrons. The Labute approximate surface area is 385 Å². The van der Waals surface area contributed by atoms with Gasteiger partial charge in [0.1, 0.15) is 41.7 Å². The predicted octanol–water partition coefficient (Wildman–Crippen LogP) is 5.66. The number of rotatable bonds is 11. The molecule has 1 aromatic carbocycles. The molecule has 0 unspecified atom stereocenters. The van der Waals surface area contributed by atoms with Crippen molar-refractivity contribution in [1.29, 1.82) is 0 Å². The van der Waals surface area contributed by atoms with Crippen molar-refractivity contribution in [3.05, 3.63) is 33.8 Å². The van der Waals surface area contributed by atoms with Gasteiger partial charge in [0, 0.05) is 50.2 Å². The molecule has 2 aliphatic heterocycles. The lowest BCUT2D eigenvalue weighted by Crippen LogP contribution is -2.61. The van der Waals surface area contributed by atoms with Gasteiger partial charge in [-0.25, -0.2) is 0 Å². The van der Waals surface area contributed by atoms with Crippen molar-refractivity contribution in [2.45, 2.75) is 161 Å². The highest BCUT2D eigenvalue weighted by molar-refractivity contribution is 6.33. The number of halogens is 5. The zero-order valence-electron chi connectivity index (χ0n) is 38.1. The average molecular weight is 945 g/mol. The van der Waals surface area contributed by atoms with Gasteiger partial charge in [-0.3, -0.25) is 33.6 Å². The van der Waals surface area contributed by atoms with Gasteiger partial charge in [-0.1, -0.05) is 63.2 Å². The van der Waals surface area contributed by atoms with Gasteiger partial charge in [0.05, 0.1) is 0 Å². The molecule has 1 aromatic rings. The first-order valence-corrected chi connectivity index (χ1v) is 23.4. The van der Waals surface area contributed by atoms with Crippen molar-refractivity contribution in [2.75, 3.05) is 33.7 Å². The van der Waals surface area contributed by atoms with Crippen LogP contribution in [0.5, 0.6) is 0 Å². The minimum Gasteiger partial charge on any atom is -0.344 e. The second-order valence-corrected chi connectivity index (χ2v) is 18.8. The molecule has 6 atom stereocenters. The normalized spacial score (nSPS) is 24.9. The van der Waals surface area contributed by atoms with E-state index in [2.05, 4.69) is 16.0 Å². The van der Waals surface area contributed by atoms with E-state index < -0.39 is 83.3 Å². The summed E-state index contributed by atoms with van der Waals surface area (Å²) in [6.45, 7) is 8.79. The van der Waals surface area contributed by atoms with Gasteiger partial charge in [0.25, 0.3) is 0 Å². The van der Waals surface area contributed by atoms with E-state index in [0.29, 0.717) is 41.3 Å². The summed E-state index contributed by atoms with van der Waals surface area (Å²) in [4.78, 5) is 104. The first-order valence-electron chi connectivity index (χ1n) is 22.6. The molecular formula is C45H66Cl2F3N7O7. The number of benzene rings is 1.